The molecule has 1 N–H and O–H groups in total. The van der Waals surface area contributed by atoms with Crippen molar-refractivity contribution < 1.29 is 19.4 Å². The van der Waals surface area contributed by atoms with E-state index < -0.39 is 5.97 Å². The van der Waals surface area contributed by atoms with Crippen molar-refractivity contribution in [3.63, 3.8) is 0 Å². The summed E-state index contributed by atoms with van der Waals surface area (Å²) in [6.45, 7) is 4.68. The fourth-order valence-electron chi connectivity index (χ4n) is 7.22. The first kappa shape index (κ1) is 23.9. The van der Waals surface area contributed by atoms with E-state index in [9.17, 15) is 9.59 Å². The van der Waals surface area contributed by atoms with Crippen molar-refractivity contribution in [1.82, 2.24) is 9.80 Å². The summed E-state index contributed by atoms with van der Waals surface area (Å²) in [5.74, 6) is -0.203. The minimum Gasteiger partial charge on any atom is -0.482 e. The third-order valence-electron chi connectivity index (χ3n) is 8.64. The van der Waals surface area contributed by atoms with E-state index in [2.05, 4.69) is 41.0 Å². The van der Waals surface area contributed by atoms with Gasteiger partial charge in [-0.25, -0.2) is 4.79 Å². The van der Waals surface area contributed by atoms with Gasteiger partial charge >= 0.3 is 5.97 Å². The number of fused-ring (bicyclic) bond motifs is 1. The van der Waals surface area contributed by atoms with Crippen LogP contribution in [0.4, 0.5) is 0 Å². The van der Waals surface area contributed by atoms with Crippen LogP contribution < -0.4 is 4.74 Å². The Hall–Kier alpha value is -2.86. The Kier molecular flexibility index (Phi) is 6.58. The molecule has 6 nitrogen and oxygen atoms in total. The first-order valence-electron chi connectivity index (χ1n) is 12.9. The van der Waals surface area contributed by atoms with Crippen LogP contribution in [0.3, 0.4) is 0 Å². The van der Waals surface area contributed by atoms with Gasteiger partial charge in [0.2, 0.25) is 5.91 Å². The molecular formula is C29H36N2O4. The van der Waals surface area contributed by atoms with Crippen molar-refractivity contribution >= 4 is 11.9 Å². The summed E-state index contributed by atoms with van der Waals surface area (Å²) in [5.41, 5.74) is 2.58. The fraction of sp³-hybridized carbons (Fsp3) is 0.517. The minimum atomic E-state index is -0.978. The van der Waals surface area contributed by atoms with Gasteiger partial charge in [-0.3, -0.25) is 9.69 Å². The molecule has 0 unspecified atom stereocenters. The number of ether oxygens (including phenoxy) is 1. The summed E-state index contributed by atoms with van der Waals surface area (Å²) < 4.78 is 5.33. The first-order valence-corrected chi connectivity index (χ1v) is 12.9. The van der Waals surface area contributed by atoms with Crippen LogP contribution in [0.1, 0.15) is 57.1 Å². The van der Waals surface area contributed by atoms with Crippen LogP contribution in [-0.4, -0.2) is 57.6 Å². The highest BCUT2D eigenvalue weighted by Gasteiger charge is 2.62. The van der Waals surface area contributed by atoms with E-state index in [1.807, 2.05) is 30.3 Å². The van der Waals surface area contributed by atoms with E-state index in [0.29, 0.717) is 17.8 Å². The maximum atomic E-state index is 13.1. The number of benzene rings is 2. The summed E-state index contributed by atoms with van der Waals surface area (Å²) in [6.07, 6.45) is 6.65. The van der Waals surface area contributed by atoms with Crippen LogP contribution in [0.5, 0.6) is 5.75 Å². The molecule has 6 heteroatoms. The van der Waals surface area contributed by atoms with E-state index in [-0.39, 0.29) is 30.0 Å². The van der Waals surface area contributed by atoms with Crippen LogP contribution in [-0.2, 0) is 22.6 Å². The highest BCUT2D eigenvalue weighted by molar-refractivity contribution is 5.74. The summed E-state index contributed by atoms with van der Waals surface area (Å²) in [6, 6.07) is 19.6. The molecule has 2 aromatic rings. The van der Waals surface area contributed by atoms with Gasteiger partial charge in [-0.2, -0.15) is 0 Å². The van der Waals surface area contributed by atoms with Crippen molar-refractivity contribution in [3.8, 4) is 5.75 Å². The monoisotopic (exact) mass is 476 g/mol. The van der Waals surface area contributed by atoms with Gasteiger partial charge in [0.05, 0.1) is 6.04 Å². The number of carboxylic acid groups (broad SMARTS) is 1. The highest BCUT2D eigenvalue weighted by Crippen LogP contribution is 2.56. The van der Waals surface area contributed by atoms with Gasteiger partial charge < -0.3 is 14.7 Å². The van der Waals surface area contributed by atoms with Crippen molar-refractivity contribution in [2.75, 3.05) is 6.61 Å². The zero-order valence-corrected chi connectivity index (χ0v) is 20.7. The summed E-state index contributed by atoms with van der Waals surface area (Å²) in [4.78, 5) is 28.9. The van der Waals surface area contributed by atoms with Crippen LogP contribution in [0, 0.1) is 5.41 Å². The van der Waals surface area contributed by atoms with Crippen molar-refractivity contribution in [3.05, 3.63) is 65.7 Å². The number of carboxylic acids is 1. The van der Waals surface area contributed by atoms with Gasteiger partial charge in [0, 0.05) is 37.0 Å². The number of carbonyl (C=O) groups is 2. The van der Waals surface area contributed by atoms with E-state index in [0.717, 1.165) is 25.8 Å². The zero-order chi connectivity index (χ0) is 24.6. The minimum absolute atomic E-state index is 0.102. The van der Waals surface area contributed by atoms with Gasteiger partial charge in [0.1, 0.15) is 5.75 Å². The Morgan fingerprint density at radius 3 is 2.34 bits per heavy atom. The average Bonchev–Trinajstić information content (AvgIpc) is 2.95. The second-order valence-electron chi connectivity index (χ2n) is 10.8. The Morgan fingerprint density at radius 2 is 1.69 bits per heavy atom. The van der Waals surface area contributed by atoms with Gasteiger partial charge in [0.25, 0.3) is 0 Å². The molecule has 1 amide bonds. The quantitative estimate of drug-likeness (QED) is 0.637. The molecule has 186 valence electrons. The topological polar surface area (TPSA) is 70.1 Å². The van der Waals surface area contributed by atoms with Gasteiger partial charge in [-0.15, -0.1) is 0 Å². The lowest BCUT2D eigenvalue weighted by Gasteiger charge is -2.51. The SMILES string of the molecule is CC(=O)N1[C@@H](Cc2ccccc2)[C@@H]2C[C@@]3(C)[C@H](CCCC[C@@H]13)N2Cc1ccc(OCC(=O)O)cc1. The zero-order valence-electron chi connectivity index (χ0n) is 20.7. The van der Waals surface area contributed by atoms with Crippen molar-refractivity contribution in [2.24, 2.45) is 5.41 Å². The van der Waals surface area contributed by atoms with Gasteiger partial charge in [0.15, 0.2) is 6.61 Å². The number of carbonyl (C=O) groups excluding carboxylic acids is 1. The molecule has 2 aromatic carbocycles. The van der Waals surface area contributed by atoms with E-state index in [1.165, 1.54) is 30.4 Å². The maximum absolute atomic E-state index is 13.1. The molecule has 3 aliphatic rings. The molecule has 2 saturated heterocycles. The second kappa shape index (κ2) is 9.65. The highest BCUT2D eigenvalue weighted by atomic mass is 16.5. The molecule has 1 aliphatic carbocycles. The third-order valence-corrected chi connectivity index (χ3v) is 8.64. The summed E-state index contributed by atoms with van der Waals surface area (Å²) in [7, 11) is 0. The Morgan fingerprint density at radius 1 is 1.00 bits per heavy atom. The number of aliphatic carboxylic acids is 1. The van der Waals surface area contributed by atoms with Crippen molar-refractivity contribution in [2.45, 2.75) is 83.1 Å². The molecule has 2 bridgehead atoms. The van der Waals surface area contributed by atoms with Crippen LogP contribution in [0.2, 0.25) is 0 Å². The molecular weight excluding hydrogens is 440 g/mol. The Labute approximate surface area is 207 Å². The molecule has 3 fully saturated rings. The number of nitrogens with zero attached hydrogens (tertiary/aromatic N) is 2. The van der Waals surface area contributed by atoms with E-state index in [1.54, 1.807) is 6.92 Å². The summed E-state index contributed by atoms with van der Waals surface area (Å²) >= 11 is 0. The average molecular weight is 477 g/mol. The molecule has 1 saturated carbocycles. The number of piperidine rings is 1. The molecule has 0 aromatic heterocycles. The third kappa shape index (κ3) is 4.56. The van der Waals surface area contributed by atoms with E-state index in [4.69, 9.17) is 9.84 Å². The number of rotatable bonds is 7. The fourth-order valence-corrected chi connectivity index (χ4v) is 7.22. The molecule has 0 spiro atoms. The largest absolute Gasteiger partial charge is 0.482 e. The molecule has 0 radical (unpaired) electrons. The molecule has 5 rings (SSSR count). The maximum Gasteiger partial charge on any atom is 0.341 e. The van der Waals surface area contributed by atoms with Crippen LogP contribution in [0.25, 0.3) is 0 Å². The summed E-state index contributed by atoms with van der Waals surface area (Å²) in [5, 5.41) is 8.87. The number of hydrogen-bond acceptors (Lipinski definition) is 4. The van der Waals surface area contributed by atoms with E-state index >= 15 is 0 Å². The van der Waals surface area contributed by atoms with Crippen LogP contribution >= 0.6 is 0 Å². The predicted octanol–water partition coefficient (Wildman–Crippen LogP) is 4.52. The Bertz CT molecular complexity index is 1060. The lowest BCUT2D eigenvalue weighted by molar-refractivity contribution is -0.141. The van der Waals surface area contributed by atoms with Crippen LogP contribution in [0.15, 0.2) is 54.6 Å². The number of likely N-dealkylation sites (tertiary alicyclic amines) is 2. The predicted molar refractivity (Wildman–Crippen MR) is 134 cm³/mol. The van der Waals surface area contributed by atoms with Crippen molar-refractivity contribution in [1.29, 1.82) is 0 Å². The lowest BCUT2D eigenvalue weighted by Crippen LogP contribution is -2.61. The van der Waals surface area contributed by atoms with Gasteiger partial charge in [-0.05, 0) is 48.9 Å². The normalized spacial score (nSPS) is 30.1. The molecule has 5 atom stereocenters. The smallest absolute Gasteiger partial charge is 0.341 e. The number of amides is 1. The standard InChI is InChI=1S/C29H36N2O4/c1-20(32)31-24(16-21-8-4-3-5-9-21)25-17-29(2)26(10-6-7-11-27(29)31)30(25)18-22-12-14-23(15-13-22)35-19-28(33)34/h3-5,8-9,12-15,24-27H,6-7,10-11,16-19H2,1-2H3,(H,33,34)/t24-,25-,26-,27+,29-/m0/s1. The lowest BCUT2D eigenvalue weighted by atomic mass is 9.69. The first-order chi connectivity index (χ1) is 16.9. The van der Waals surface area contributed by atoms with Gasteiger partial charge in [-0.1, -0.05) is 62.2 Å². The Balaban J connectivity index is 1.46. The second-order valence-corrected chi connectivity index (χ2v) is 10.8. The molecule has 2 aliphatic heterocycles. The molecule has 2 heterocycles. The number of hydrogen-bond donors (Lipinski definition) is 1. The molecule has 35 heavy (non-hydrogen) atoms.